The number of nitrogens with zero attached hydrogens (tertiary/aromatic N) is 1. The van der Waals surface area contributed by atoms with Crippen LogP contribution in [-0.2, 0) is 21.0 Å². The Morgan fingerprint density at radius 3 is 2.12 bits per heavy atom. The molecular weight excluding hydrogens is 389 g/mol. The lowest BCUT2D eigenvalue weighted by Gasteiger charge is -2.22. The monoisotopic (exact) mass is 412 g/mol. The lowest BCUT2D eigenvalue weighted by atomic mass is 10.2. The Bertz CT molecular complexity index is 712. The van der Waals surface area contributed by atoms with Gasteiger partial charge in [0.15, 0.2) is 0 Å². The highest BCUT2D eigenvalue weighted by Gasteiger charge is 2.30. The molecule has 0 aliphatic heterocycles. The number of thioether (sulfide) groups is 1. The quantitative estimate of drug-likeness (QED) is 0.699. The van der Waals surface area contributed by atoms with E-state index in [1.54, 1.807) is 11.8 Å². The Morgan fingerprint density at radius 1 is 1.15 bits per heavy atom. The lowest BCUT2D eigenvalue weighted by Crippen LogP contribution is -2.41. The molecule has 10 heteroatoms. The Hall–Kier alpha value is -1.42. The molecule has 0 spiro atoms. The molecule has 0 saturated carbocycles. The number of nitrogens with one attached hydrogen (secondary N) is 1. The van der Waals surface area contributed by atoms with Crippen LogP contribution in [0.25, 0.3) is 0 Å². The van der Waals surface area contributed by atoms with E-state index in [2.05, 4.69) is 5.32 Å². The number of alkyl halides is 3. The number of sulfonamides is 1. The average Bonchev–Trinajstić information content (AvgIpc) is 2.46. The van der Waals surface area contributed by atoms with Crippen LogP contribution in [-0.4, -0.2) is 44.2 Å². The summed E-state index contributed by atoms with van der Waals surface area (Å²) in [6, 6.07) is 3.63. The van der Waals surface area contributed by atoms with Crippen LogP contribution in [0, 0.1) is 0 Å². The Morgan fingerprint density at radius 2 is 1.69 bits per heavy atom. The van der Waals surface area contributed by atoms with E-state index < -0.39 is 34.2 Å². The van der Waals surface area contributed by atoms with Crippen molar-refractivity contribution < 1.29 is 26.4 Å². The molecule has 0 atom stereocenters. The summed E-state index contributed by atoms with van der Waals surface area (Å²) in [5.74, 6) is 0.138. The van der Waals surface area contributed by atoms with Crippen molar-refractivity contribution in [2.75, 3.05) is 29.4 Å². The van der Waals surface area contributed by atoms with Crippen LogP contribution in [0.5, 0.6) is 0 Å². The fourth-order valence-electron chi connectivity index (χ4n) is 1.95. The minimum Gasteiger partial charge on any atom is -0.354 e. The minimum absolute atomic E-state index is 0.000262. The second-order valence-electron chi connectivity index (χ2n) is 6.63. The summed E-state index contributed by atoms with van der Waals surface area (Å²) in [5.41, 5.74) is -0.891. The van der Waals surface area contributed by atoms with E-state index in [1.165, 1.54) is 0 Å². The van der Waals surface area contributed by atoms with Crippen molar-refractivity contribution in [2.45, 2.75) is 31.7 Å². The van der Waals surface area contributed by atoms with Crippen LogP contribution < -0.4 is 9.62 Å². The van der Waals surface area contributed by atoms with Gasteiger partial charge in [0.2, 0.25) is 15.9 Å². The highest BCUT2D eigenvalue weighted by Crippen LogP contribution is 2.31. The fraction of sp³-hybridized carbons (Fsp3) is 0.562. The molecule has 5 nitrogen and oxygen atoms in total. The van der Waals surface area contributed by atoms with Gasteiger partial charge in [-0.1, -0.05) is 20.8 Å². The van der Waals surface area contributed by atoms with Crippen molar-refractivity contribution >= 4 is 33.4 Å². The van der Waals surface area contributed by atoms with E-state index in [-0.39, 0.29) is 10.4 Å². The summed E-state index contributed by atoms with van der Waals surface area (Å²) in [7, 11) is -3.83. The number of hydrogen-bond donors (Lipinski definition) is 1. The van der Waals surface area contributed by atoms with Crippen molar-refractivity contribution in [1.82, 2.24) is 5.32 Å². The zero-order valence-electron chi connectivity index (χ0n) is 15.1. The third-order valence-corrected chi connectivity index (χ3v) is 5.54. The summed E-state index contributed by atoms with van der Waals surface area (Å²) in [6.07, 6.45) is -3.62. The van der Waals surface area contributed by atoms with Crippen LogP contribution in [0.4, 0.5) is 18.9 Å². The highest BCUT2D eigenvalue weighted by molar-refractivity contribution is 8.00. The third kappa shape index (κ3) is 7.86. The first kappa shape index (κ1) is 22.6. The minimum atomic E-state index is -4.52. The van der Waals surface area contributed by atoms with Crippen molar-refractivity contribution in [3.63, 3.8) is 0 Å². The summed E-state index contributed by atoms with van der Waals surface area (Å²) in [5, 5.41) is 2.62. The molecule has 148 valence electrons. The first-order valence-electron chi connectivity index (χ1n) is 7.76. The number of carbonyl (C=O) groups is 1. The molecule has 0 bridgehead atoms. The lowest BCUT2D eigenvalue weighted by molar-refractivity contribution is -0.137. The number of rotatable bonds is 7. The smallest absolute Gasteiger partial charge is 0.354 e. The summed E-state index contributed by atoms with van der Waals surface area (Å²) < 4.78 is 62.6. The molecule has 1 N–H and O–H groups in total. The van der Waals surface area contributed by atoms with Crippen LogP contribution in [0.2, 0.25) is 0 Å². The van der Waals surface area contributed by atoms with Gasteiger partial charge in [0.25, 0.3) is 0 Å². The van der Waals surface area contributed by atoms with Crippen LogP contribution in [0.3, 0.4) is 0 Å². The number of carbonyl (C=O) groups excluding carboxylic acids is 1. The molecule has 0 fully saturated rings. The van der Waals surface area contributed by atoms with Crippen LogP contribution in [0.15, 0.2) is 24.3 Å². The molecular formula is C16H23F3N2O3S2. The van der Waals surface area contributed by atoms with Gasteiger partial charge in [0.1, 0.15) is 6.54 Å². The standard InChI is InChI=1S/C16H23F3N2O3S2/c1-15(2,3)25-10-9-20-14(22)11-21(26(4,23)24)13-7-5-12(6-8-13)16(17,18)19/h5-8H,9-11H2,1-4H3,(H,20,22). The van der Waals surface area contributed by atoms with Gasteiger partial charge in [-0.25, -0.2) is 8.42 Å². The zero-order valence-corrected chi connectivity index (χ0v) is 16.7. The molecule has 0 aliphatic carbocycles. The van der Waals surface area contributed by atoms with Crippen LogP contribution in [0.1, 0.15) is 26.3 Å². The maximum Gasteiger partial charge on any atom is 0.416 e. The molecule has 0 radical (unpaired) electrons. The van der Waals surface area contributed by atoms with E-state index in [9.17, 15) is 26.4 Å². The van der Waals surface area contributed by atoms with Gasteiger partial charge in [-0.2, -0.15) is 24.9 Å². The Labute approximate surface area is 156 Å². The van der Waals surface area contributed by atoms with Gasteiger partial charge in [0.05, 0.1) is 17.5 Å². The maximum atomic E-state index is 12.6. The average molecular weight is 412 g/mol. The third-order valence-electron chi connectivity index (χ3n) is 3.13. The SMILES string of the molecule is CC(C)(C)SCCNC(=O)CN(c1ccc(C(F)(F)F)cc1)S(C)(=O)=O. The summed E-state index contributed by atoms with van der Waals surface area (Å²) in [6.45, 7) is 5.98. The molecule has 1 rings (SSSR count). The predicted molar refractivity (Wildman–Crippen MR) is 98.9 cm³/mol. The summed E-state index contributed by atoms with van der Waals surface area (Å²) >= 11 is 1.65. The van der Waals surface area contributed by atoms with E-state index in [0.29, 0.717) is 12.3 Å². The number of benzene rings is 1. The number of anilines is 1. The zero-order chi connectivity index (χ0) is 20.2. The van der Waals surface area contributed by atoms with Crippen molar-refractivity contribution in [3.8, 4) is 0 Å². The highest BCUT2D eigenvalue weighted by atomic mass is 32.2. The summed E-state index contributed by atoms with van der Waals surface area (Å²) in [4.78, 5) is 12.0. The second-order valence-corrected chi connectivity index (χ2v) is 10.5. The van der Waals surface area contributed by atoms with E-state index in [4.69, 9.17) is 0 Å². The number of halogens is 3. The van der Waals surface area contributed by atoms with Crippen molar-refractivity contribution in [1.29, 1.82) is 0 Å². The second kappa shape index (κ2) is 8.51. The fourth-order valence-corrected chi connectivity index (χ4v) is 3.62. The van der Waals surface area contributed by atoms with Crippen molar-refractivity contribution in [3.05, 3.63) is 29.8 Å². The van der Waals surface area contributed by atoms with Gasteiger partial charge in [0, 0.05) is 17.0 Å². The Kier molecular flexibility index (Phi) is 7.41. The van der Waals surface area contributed by atoms with E-state index in [0.717, 1.165) is 34.8 Å². The molecule has 1 aromatic carbocycles. The van der Waals surface area contributed by atoms with Gasteiger partial charge < -0.3 is 5.32 Å². The van der Waals surface area contributed by atoms with Crippen LogP contribution >= 0.6 is 11.8 Å². The first-order valence-corrected chi connectivity index (χ1v) is 10.6. The van der Waals surface area contributed by atoms with Gasteiger partial charge in [-0.3, -0.25) is 9.10 Å². The van der Waals surface area contributed by atoms with Crippen molar-refractivity contribution in [2.24, 2.45) is 0 Å². The van der Waals surface area contributed by atoms with Gasteiger partial charge >= 0.3 is 6.18 Å². The Balaban J connectivity index is 2.78. The topological polar surface area (TPSA) is 66.5 Å². The van der Waals surface area contributed by atoms with E-state index in [1.807, 2.05) is 20.8 Å². The molecule has 0 aromatic heterocycles. The molecule has 0 unspecified atom stereocenters. The molecule has 0 heterocycles. The molecule has 0 aliphatic rings. The van der Waals surface area contributed by atoms with Gasteiger partial charge in [-0.05, 0) is 24.3 Å². The first-order chi connectivity index (χ1) is 11.7. The maximum absolute atomic E-state index is 12.6. The largest absolute Gasteiger partial charge is 0.416 e. The predicted octanol–water partition coefficient (Wildman–Crippen LogP) is 3.12. The van der Waals surface area contributed by atoms with Gasteiger partial charge in [-0.15, -0.1) is 0 Å². The molecule has 26 heavy (non-hydrogen) atoms. The molecule has 1 aromatic rings. The molecule has 1 amide bonds. The van der Waals surface area contributed by atoms with E-state index >= 15 is 0 Å². The number of amides is 1. The molecule has 0 saturated heterocycles. The normalized spacial score (nSPS) is 12.7. The number of hydrogen-bond acceptors (Lipinski definition) is 4.